The standard InChI is InChI=1S/C9H17IO2/c1-3-4-5-7-8(10)9(11)6(2)12-7/h6-9,11H,3-5H2,1-2H3/t6-,7-,8+,9-/m0/s1. The van der Waals surface area contributed by atoms with Crippen LogP contribution in [0.3, 0.4) is 0 Å². The molecule has 0 bridgehead atoms. The number of aliphatic hydroxyl groups excluding tert-OH is 1. The quantitative estimate of drug-likeness (QED) is 0.635. The van der Waals surface area contributed by atoms with Crippen molar-refractivity contribution in [3.63, 3.8) is 0 Å². The predicted octanol–water partition coefficient (Wildman–Crippen LogP) is 2.13. The van der Waals surface area contributed by atoms with Gasteiger partial charge in [-0.05, 0) is 13.3 Å². The van der Waals surface area contributed by atoms with Crippen molar-refractivity contribution in [2.45, 2.75) is 55.3 Å². The lowest BCUT2D eigenvalue weighted by Crippen LogP contribution is -2.26. The second kappa shape index (κ2) is 4.77. The van der Waals surface area contributed by atoms with Crippen molar-refractivity contribution in [3.05, 3.63) is 0 Å². The molecule has 0 aromatic heterocycles. The summed E-state index contributed by atoms with van der Waals surface area (Å²) in [6.07, 6.45) is 3.51. The summed E-state index contributed by atoms with van der Waals surface area (Å²) < 4.78 is 5.91. The third kappa shape index (κ3) is 2.33. The molecule has 2 nitrogen and oxygen atoms in total. The summed E-state index contributed by atoms with van der Waals surface area (Å²) >= 11 is 2.30. The Morgan fingerprint density at radius 3 is 2.58 bits per heavy atom. The number of ether oxygens (including phenoxy) is 1. The second-order valence-corrected chi connectivity index (χ2v) is 4.90. The second-order valence-electron chi connectivity index (χ2n) is 3.46. The lowest BCUT2D eigenvalue weighted by Gasteiger charge is -2.12. The molecule has 0 aromatic rings. The van der Waals surface area contributed by atoms with Crippen molar-refractivity contribution >= 4 is 22.6 Å². The average Bonchev–Trinajstić information content (AvgIpc) is 2.30. The Labute approximate surface area is 87.8 Å². The molecular formula is C9H17IO2. The van der Waals surface area contributed by atoms with E-state index in [1.807, 2.05) is 6.92 Å². The summed E-state index contributed by atoms with van der Waals surface area (Å²) in [5.74, 6) is 0. The summed E-state index contributed by atoms with van der Waals surface area (Å²) in [6, 6.07) is 0. The van der Waals surface area contributed by atoms with E-state index in [1.165, 1.54) is 12.8 Å². The summed E-state index contributed by atoms with van der Waals surface area (Å²) in [7, 11) is 0. The van der Waals surface area contributed by atoms with Crippen LogP contribution in [0.2, 0.25) is 0 Å². The first-order valence-corrected chi connectivity index (χ1v) is 5.89. The number of rotatable bonds is 3. The number of hydrogen-bond donors (Lipinski definition) is 1. The van der Waals surface area contributed by atoms with E-state index < -0.39 is 0 Å². The molecule has 1 N–H and O–H groups in total. The SMILES string of the molecule is CCCC[C@@H]1O[C@@H](C)[C@H](O)[C@@H]1I. The normalized spacial score (nSPS) is 42.0. The van der Waals surface area contributed by atoms with Gasteiger partial charge < -0.3 is 9.84 Å². The lowest BCUT2D eigenvalue weighted by molar-refractivity contribution is 0.0189. The Hall–Kier alpha value is 0.650. The topological polar surface area (TPSA) is 29.5 Å². The van der Waals surface area contributed by atoms with Crippen LogP contribution in [0.15, 0.2) is 0 Å². The first kappa shape index (κ1) is 10.7. The Morgan fingerprint density at radius 2 is 2.17 bits per heavy atom. The molecule has 0 aromatic carbocycles. The van der Waals surface area contributed by atoms with Gasteiger partial charge in [0.2, 0.25) is 0 Å². The first-order chi connectivity index (χ1) is 5.66. The number of halogens is 1. The van der Waals surface area contributed by atoms with Gasteiger partial charge in [-0.15, -0.1) is 0 Å². The molecule has 1 saturated heterocycles. The van der Waals surface area contributed by atoms with Crippen LogP contribution in [0, 0.1) is 0 Å². The fraction of sp³-hybridized carbons (Fsp3) is 1.00. The molecule has 1 aliphatic heterocycles. The number of aliphatic hydroxyl groups is 1. The molecule has 1 heterocycles. The maximum absolute atomic E-state index is 9.60. The van der Waals surface area contributed by atoms with Gasteiger partial charge in [0.25, 0.3) is 0 Å². The minimum atomic E-state index is -0.271. The Balaban J connectivity index is 2.36. The Bertz CT molecular complexity index is 140. The largest absolute Gasteiger partial charge is 0.389 e. The van der Waals surface area contributed by atoms with Gasteiger partial charge in [-0.3, -0.25) is 0 Å². The van der Waals surface area contributed by atoms with Gasteiger partial charge in [0.15, 0.2) is 0 Å². The molecule has 3 heteroatoms. The van der Waals surface area contributed by atoms with Crippen LogP contribution < -0.4 is 0 Å². The molecule has 0 radical (unpaired) electrons. The third-order valence-corrected chi connectivity index (χ3v) is 3.93. The van der Waals surface area contributed by atoms with Gasteiger partial charge in [-0.1, -0.05) is 42.4 Å². The molecule has 1 rings (SSSR count). The minimum absolute atomic E-state index is 0.0220. The predicted molar refractivity (Wildman–Crippen MR) is 57.7 cm³/mol. The van der Waals surface area contributed by atoms with Gasteiger partial charge in [-0.2, -0.15) is 0 Å². The van der Waals surface area contributed by atoms with Crippen LogP contribution in [0.1, 0.15) is 33.1 Å². The van der Waals surface area contributed by atoms with E-state index in [0.717, 1.165) is 6.42 Å². The van der Waals surface area contributed by atoms with E-state index in [-0.39, 0.29) is 22.2 Å². The molecule has 0 unspecified atom stereocenters. The Kier molecular flexibility index (Phi) is 4.26. The van der Waals surface area contributed by atoms with Crippen LogP contribution in [-0.4, -0.2) is 27.3 Å². The van der Waals surface area contributed by atoms with E-state index in [2.05, 4.69) is 29.5 Å². The van der Waals surface area contributed by atoms with E-state index in [4.69, 9.17) is 4.74 Å². The summed E-state index contributed by atoms with van der Waals surface area (Å²) in [5, 5.41) is 9.60. The fourth-order valence-electron chi connectivity index (χ4n) is 1.54. The molecule has 1 fully saturated rings. The number of unbranched alkanes of at least 4 members (excludes halogenated alkanes) is 1. The Morgan fingerprint density at radius 1 is 1.50 bits per heavy atom. The van der Waals surface area contributed by atoms with Crippen molar-refractivity contribution in [2.24, 2.45) is 0 Å². The van der Waals surface area contributed by atoms with Gasteiger partial charge in [0.1, 0.15) is 0 Å². The zero-order valence-corrected chi connectivity index (χ0v) is 9.82. The molecule has 0 spiro atoms. The van der Waals surface area contributed by atoms with Gasteiger partial charge in [0, 0.05) is 0 Å². The highest BCUT2D eigenvalue weighted by atomic mass is 127. The molecule has 72 valence electrons. The van der Waals surface area contributed by atoms with E-state index in [1.54, 1.807) is 0 Å². The zero-order chi connectivity index (χ0) is 9.14. The van der Waals surface area contributed by atoms with Gasteiger partial charge >= 0.3 is 0 Å². The smallest absolute Gasteiger partial charge is 0.0941 e. The van der Waals surface area contributed by atoms with E-state index in [9.17, 15) is 5.11 Å². The van der Waals surface area contributed by atoms with Crippen LogP contribution in [0.4, 0.5) is 0 Å². The van der Waals surface area contributed by atoms with Crippen molar-refractivity contribution in [3.8, 4) is 0 Å². The highest BCUT2D eigenvalue weighted by Gasteiger charge is 2.38. The third-order valence-electron chi connectivity index (χ3n) is 2.39. The van der Waals surface area contributed by atoms with Crippen molar-refractivity contribution in [2.75, 3.05) is 0 Å². The van der Waals surface area contributed by atoms with Gasteiger partial charge in [-0.25, -0.2) is 0 Å². The zero-order valence-electron chi connectivity index (χ0n) is 7.66. The van der Waals surface area contributed by atoms with Gasteiger partial charge in [0.05, 0.1) is 22.2 Å². The molecule has 0 amide bonds. The number of hydrogen-bond acceptors (Lipinski definition) is 2. The fourth-order valence-corrected chi connectivity index (χ4v) is 2.66. The van der Waals surface area contributed by atoms with Crippen LogP contribution in [-0.2, 0) is 4.74 Å². The molecule has 0 aliphatic carbocycles. The minimum Gasteiger partial charge on any atom is -0.389 e. The number of alkyl halides is 1. The molecule has 1 aliphatic rings. The van der Waals surface area contributed by atoms with Crippen molar-refractivity contribution < 1.29 is 9.84 Å². The summed E-state index contributed by atoms with van der Waals surface area (Å²) in [6.45, 7) is 4.12. The average molecular weight is 284 g/mol. The van der Waals surface area contributed by atoms with Crippen molar-refractivity contribution in [1.29, 1.82) is 0 Å². The van der Waals surface area contributed by atoms with Crippen LogP contribution in [0.25, 0.3) is 0 Å². The van der Waals surface area contributed by atoms with E-state index in [0.29, 0.717) is 0 Å². The van der Waals surface area contributed by atoms with E-state index >= 15 is 0 Å². The monoisotopic (exact) mass is 284 g/mol. The molecule has 12 heavy (non-hydrogen) atoms. The summed E-state index contributed by atoms with van der Waals surface area (Å²) in [4.78, 5) is 0. The molecule has 0 saturated carbocycles. The highest BCUT2D eigenvalue weighted by molar-refractivity contribution is 14.1. The maximum Gasteiger partial charge on any atom is 0.0941 e. The first-order valence-electron chi connectivity index (χ1n) is 4.64. The van der Waals surface area contributed by atoms with Crippen molar-refractivity contribution in [1.82, 2.24) is 0 Å². The lowest BCUT2D eigenvalue weighted by atomic mass is 10.1. The molecule has 4 atom stereocenters. The van der Waals surface area contributed by atoms with Crippen LogP contribution >= 0.6 is 22.6 Å². The highest BCUT2D eigenvalue weighted by Crippen LogP contribution is 2.30. The summed E-state index contributed by atoms with van der Waals surface area (Å²) in [5.41, 5.74) is 0. The van der Waals surface area contributed by atoms with Crippen LogP contribution in [0.5, 0.6) is 0 Å². The molecular weight excluding hydrogens is 267 g/mol. The maximum atomic E-state index is 9.60.